The fourth-order valence-electron chi connectivity index (χ4n) is 4.68. The third-order valence-corrected chi connectivity index (χ3v) is 8.58. The van der Waals surface area contributed by atoms with Crippen LogP contribution < -0.4 is 5.32 Å². The van der Waals surface area contributed by atoms with Crippen LogP contribution in [-0.2, 0) is 10.0 Å². The summed E-state index contributed by atoms with van der Waals surface area (Å²) < 4.78 is 33.6. The maximum absolute atomic E-state index is 13.2. The Morgan fingerprint density at radius 3 is 2.38 bits per heavy atom. The number of benzene rings is 1. The summed E-state index contributed by atoms with van der Waals surface area (Å²) in [7, 11) is -3.60. The molecule has 2 aliphatic heterocycles. The van der Waals surface area contributed by atoms with E-state index in [4.69, 9.17) is 4.42 Å². The molecule has 7 nitrogen and oxygen atoms in total. The highest BCUT2D eigenvalue weighted by atomic mass is 32.2. The van der Waals surface area contributed by atoms with Crippen molar-refractivity contribution in [3.8, 4) is 0 Å². The monoisotopic (exact) mass is 459 g/mol. The number of amides is 1. The Morgan fingerprint density at radius 2 is 1.72 bits per heavy atom. The van der Waals surface area contributed by atoms with Gasteiger partial charge in [0.05, 0.1) is 17.2 Å². The molecule has 0 saturated carbocycles. The van der Waals surface area contributed by atoms with Gasteiger partial charge in [-0.1, -0.05) is 18.9 Å². The van der Waals surface area contributed by atoms with Gasteiger partial charge in [-0.2, -0.15) is 4.31 Å². The number of hydrogen-bond donors (Lipinski definition) is 1. The summed E-state index contributed by atoms with van der Waals surface area (Å²) in [4.78, 5) is 15.6. The smallest absolute Gasteiger partial charge is 0.251 e. The molecule has 1 atom stereocenters. The first-order chi connectivity index (χ1) is 15.5. The molecule has 174 valence electrons. The third-order valence-electron chi connectivity index (χ3n) is 6.54. The number of rotatable bonds is 7. The van der Waals surface area contributed by atoms with Crippen LogP contribution in [0.25, 0.3) is 0 Å². The minimum Gasteiger partial charge on any atom is -0.468 e. The second-order valence-electron chi connectivity index (χ2n) is 8.78. The lowest BCUT2D eigenvalue weighted by atomic mass is 10.1. The molecular formula is C24H33N3O4S. The standard InChI is InChI=1S/C24H33N3O4S/c1-19-10-11-20(17-23(19)32(29,30)27-14-6-3-7-15-27)24(28)25-18-21(22-9-8-16-31-22)26-12-4-2-5-13-26/h8-11,16-17,21H,2-7,12-15,18H2,1H3,(H,25,28). The van der Waals surface area contributed by atoms with Gasteiger partial charge in [0, 0.05) is 25.2 Å². The number of aryl methyl sites for hydroxylation is 1. The summed E-state index contributed by atoms with van der Waals surface area (Å²) in [5.41, 5.74) is 1.02. The van der Waals surface area contributed by atoms with Gasteiger partial charge in [-0.3, -0.25) is 9.69 Å². The summed E-state index contributed by atoms with van der Waals surface area (Å²) in [6, 6.07) is 8.73. The summed E-state index contributed by atoms with van der Waals surface area (Å²) in [6.07, 6.45) is 7.98. The maximum atomic E-state index is 13.2. The van der Waals surface area contributed by atoms with Gasteiger partial charge in [0.25, 0.3) is 5.91 Å². The van der Waals surface area contributed by atoms with Crippen molar-refractivity contribution >= 4 is 15.9 Å². The zero-order valence-electron chi connectivity index (χ0n) is 18.8. The van der Waals surface area contributed by atoms with Gasteiger partial charge in [0.1, 0.15) is 5.76 Å². The predicted octanol–water partition coefficient (Wildman–Crippen LogP) is 3.72. The number of furan rings is 1. The average Bonchev–Trinajstić information content (AvgIpc) is 3.35. The van der Waals surface area contributed by atoms with Crippen molar-refractivity contribution in [1.82, 2.24) is 14.5 Å². The second-order valence-corrected chi connectivity index (χ2v) is 10.7. The number of nitrogens with one attached hydrogen (secondary N) is 1. The highest BCUT2D eigenvalue weighted by Gasteiger charge is 2.29. The molecule has 2 aromatic rings. The number of likely N-dealkylation sites (tertiary alicyclic amines) is 1. The number of carbonyl (C=O) groups is 1. The molecule has 1 N–H and O–H groups in total. The fourth-order valence-corrected chi connectivity index (χ4v) is 6.44. The van der Waals surface area contributed by atoms with E-state index in [2.05, 4.69) is 10.2 Å². The van der Waals surface area contributed by atoms with Crippen LogP contribution in [-0.4, -0.2) is 56.3 Å². The van der Waals surface area contributed by atoms with Crippen LogP contribution in [0.15, 0.2) is 45.9 Å². The van der Waals surface area contributed by atoms with Gasteiger partial charge >= 0.3 is 0 Å². The molecule has 1 amide bonds. The molecule has 0 radical (unpaired) electrons. The molecule has 2 saturated heterocycles. The molecular weight excluding hydrogens is 426 g/mol. The first-order valence-corrected chi connectivity index (χ1v) is 13.1. The van der Waals surface area contributed by atoms with Gasteiger partial charge in [-0.15, -0.1) is 0 Å². The van der Waals surface area contributed by atoms with Crippen molar-refractivity contribution in [1.29, 1.82) is 0 Å². The minimum absolute atomic E-state index is 0.0312. The van der Waals surface area contributed by atoms with Gasteiger partial charge in [-0.25, -0.2) is 8.42 Å². The molecule has 1 aromatic heterocycles. The lowest BCUT2D eigenvalue weighted by Crippen LogP contribution is -2.40. The molecule has 8 heteroatoms. The normalized spacial score (nSPS) is 19.5. The van der Waals surface area contributed by atoms with E-state index in [0.717, 1.165) is 51.0 Å². The molecule has 0 bridgehead atoms. The Balaban J connectivity index is 1.50. The van der Waals surface area contributed by atoms with Crippen molar-refractivity contribution < 1.29 is 17.6 Å². The molecule has 2 aliphatic rings. The third kappa shape index (κ3) is 5.08. The van der Waals surface area contributed by atoms with Crippen LogP contribution >= 0.6 is 0 Å². The number of nitrogens with zero attached hydrogens (tertiary/aromatic N) is 2. The van der Waals surface area contributed by atoms with Crippen LogP contribution in [0, 0.1) is 6.92 Å². The molecule has 0 aliphatic carbocycles. The van der Waals surface area contributed by atoms with Crippen molar-refractivity contribution in [3.05, 3.63) is 53.5 Å². The van der Waals surface area contributed by atoms with E-state index < -0.39 is 10.0 Å². The predicted molar refractivity (Wildman–Crippen MR) is 123 cm³/mol. The molecule has 0 spiro atoms. The van der Waals surface area contributed by atoms with Crippen molar-refractivity contribution in [2.45, 2.75) is 56.4 Å². The molecule has 32 heavy (non-hydrogen) atoms. The van der Waals surface area contributed by atoms with Crippen LogP contribution in [0.5, 0.6) is 0 Å². The maximum Gasteiger partial charge on any atom is 0.251 e. The van der Waals surface area contributed by atoms with E-state index >= 15 is 0 Å². The molecule has 1 aromatic carbocycles. The van der Waals surface area contributed by atoms with E-state index in [9.17, 15) is 13.2 Å². The largest absolute Gasteiger partial charge is 0.468 e. The van der Waals surface area contributed by atoms with E-state index in [1.807, 2.05) is 12.1 Å². The SMILES string of the molecule is Cc1ccc(C(=O)NCC(c2ccco2)N2CCCCC2)cc1S(=O)(=O)N1CCCCC1. The van der Waals surface area contributed by atoms with Gasteiger partial charge < -0.3 is 9.73 Å². The number of hydrogen-bond acceptors (Lipinski definition) is 5. The topological polar surface area (TPSA) is 82.9 Å². The van der Waals surface area contributed by atoms with E-state index in [0.29, 0.717) is 30.8 Å². The minimum atomic E-state index is -3.60. The summed E-state index contributed by atoms with van der Waals surface area (Å²) in [6.45, 7) is 5.22. The van der Waals surface area contributed by atoms with Crippen LogP contribution in [0.3, 0.4) is 0 Å². The van der Waals surface area contributed by atoms with Gasteiger partial charge in [0.15, 0.2) is 0 Å². The van der Waals surface area contributed by atoms with E-state index in [1.165, 1.54) is 12.5 Å². The zero-order valence-corrected chi connectivity index (χ0v) is 19.6. The van der Waals surface area contributed by atoms with Crippen LogP contribution in [0.2, 0.25) is 0 Å². The molecule has 2 fully saturated rings. The zero-order chi connectivity index (χ0) is 22.6. The second kappa shape index (κ2) is 10.2. The number of sulfonamides is 1. The first-order valence-electron chi connectivity index (χ1n) is 11.6. The highest BCUT2D eigenvalue weighted by Crippen LogP contribution is 2.26. The quantitative estimate of drug-likeness (QED) is 0.682. The Kier molecular flexibility index (Phi) is 7.33. The Labute approximate surface area is 190 Å². The number of carbonyl (C=O) groups excluding carboxylic acids is 1. The van der Waals surface area contributed by atoms with Crippen molar-refractivity contribution in [2.75, 3.05) is 32.7 Å². The first kappa shape index (κ1) is 23.0. The number of piperidine rings is 2. The molecule has 3 heterocycles. The van der Waals surface area contributed by atoms with E-state index in [-0.39, 0.29) is 16.8 Å². The van der Waals surface area contributed by atoms with Crippen LogP contribution in [0.1, 0.15) is 66.2 Å². The Morgan fingerprint density at radius 1 is 1.03 bits per heavy atom. The van der Waals surface area contributed by atoms with Crippen molar-refractivity contribution in [2.24, 2.45) is 0 Å². The fraction of sp³-hybridized carbons (Fsp3) is 0.542. The van der Waals surface area contributed by atoms with Gasteiger partial charge in [0.2, 0.25) is 10.0 Å². The summed E-state index contributed by atoms with van der Waals surface area (Å²) in [5.74, 6) is 0.568. The molecule has 1 unspecified atom stereocenters. The van der Waals surface area contributed by atoms with Crippen molar-refractivity contribution in [3.63, 3.8) is 0 Å². The lowest BCUT2D eigenvalue weighted by molar-refractivity contribution is 0.0914. The van der Waals surface area contributed by atoms with E-state index in [1.54, 1.807) is 29.6 Å². The highest BCUT2D eigenvalue weighted by molar-refractivity contribution is 7.89. The van der Waals surface area contributed by atoms with Gasteiger partial charge in [-0.05, 0) is 75.5 Å². The Bertz CT molecular complexity index is 1010. The summed E-state index contributed by atoms with van der Waals surface area (Å²) >= 11 is 0. The lowest BCUT2D eigenvalue weighted by Gasteiger charge is -2.33. The average molecular weight is 460 g/mol. The van der Waals surface area contributed by atoms with Crippen LogP contribution in [0.4, 0.5) is 0 Å². The molecule has 4 rings (SSSR count). The summed E-state index contributed by atoms with van der Waals surface area (Å²) in [5, 5.41) is 3.01. The Hall–Kier alpha value is -2.16.